The maximum Gasteiger partial charge on any atom is 0.410 e. The van der Waals surface area contributed by atoms with E-state index in [2.05, 4.69) is 15.4 Å². The molecule has 0 saturated carbocycles. The van der Waals surface area contributed by atoms with Crippen molar-refractivity contribution in [3.63, 3.8) is 0 Å². The average molecular weight is 314 g/mol. The molecule has 3 rings (SSSR count). The molecule has 2 heterocycles. The van der Waals surface area contributed by atoms with Crippen molar-refractivity contribution in [1.29, 1.82) is 0 Å². The summed E-state index contributed by atoms with van der Waals surface area (Å²) in [5, 5.41) is 15.1. The molecule has 0 aliphatic heterocycles. The van der Waals surface area contributed by atoms with Gasteiger partial charge in [0.2, 0.25) is 5.88 Å². The van der Waals surface area contributed by atoms with Crippen LogP contribution in [0, 0.1) is 0 Å². The number of nitrogens with one attached hydrogen (secondary N) is 1. The van der Waals surface area contributed by atoms with Crippen LogP contribution in [0.5, 0.6) is 11.6 Å². The van der Waals surface area contributed by atoms with E-state index in [9.17, 15) is 4.79 Å². The van der Waals surface area contributed by atoms with Crippen molar-refractivity contribution < 1.29 is 19.4 Å². The number of anilines is 1. The van der Waals surface area contributed by atoms with Gasteiger partial charge in [-0.15, -0.1) is 5.10 Å². The van der Waals surface area contributed by atoms with Gasteiger partial charge in [-0.05, 0) is 12.1 Å². The Kier molecular flexibility index (Phi) is 3.96. The van der Waals surface area contributed by atoms with Crippen molar-refractivity contribution in [2.45, 2.75) is 6.61 Å². The molecule has 1 amide bonds. The molecule has 0 aliphatic carbocycles. The maximum absolute atomic E-state index is 10.6. The summed E-state index contributed by atoms with van der Waals surface area (Å²) >= 11 is 0. The monoisotopic (exact) mass is 314 g/mol. The molecule has 0 bridgehead atoms. The van der Waals surface area contributed by atoms with Crippen molar-refractivity contribution in [3.05, 3.63) is 48.2 Å². The van der Waals surface area contributed by atoms with Crippen LogP contribution in [-0.2, 0) is 6.61 Å². The van der Waals surface area contributed by atoms with Gasteiger partial charge in [0.05, 0.1) is 13.3 Å². The third kappa shape index (κ3) is 3.31. The Bertz CT molecular complexity index is 846. The highest BCUT2D eigenvalue weighted by Gasteiger charge is 2.07. The van der Waals surface area contributed by atoms with E-state index in [0.29, 0.717) is 18.1 Å². The molecule has 1 aromatic carbocycles. The number of carbonyl (C=O) groups is 1. The number of rotatable bonds is 5. The minimum Gasteiger partial charge on any atom is -0.496 e. The number of para-hydroxylation sites is 1. The summed E-state index contributed by atoms with van der Waals surface area (Å²) < 4.78 is 12.4. The molecule has 0 radical (unpaired) electrons. The quantitative estimate of drug-likeness (QED) is 0.750. The lowest BCUT2D eigenvalue weighted by Gasteiger charge is -2.09. The van der Waals surface area contributed by atoms with Crippen LogP contribution in [0.25, 0.3) is 5.65 Å². The van der Waals surface area contributed by atoms with Crippen molar-refractivity contribution >= 4 is 17.6 Å². The first kappa shape index (κ1) is 14.6. The summed E-state index contributed by atoms with van der Waals surface area (Å²) in [4.78, 5) is 14.7. The number of methoxy groups -OCH3 is 1. The highest BCUT2D eigenvalue weighted by atomic mass is 16.5. The third-order valence-corrected chi connectivity index (χ3v) is 3.10. The van der Waals surface area contributed by atoms with Crippen molar-refractivity contribution in [1.82, 2.24) is 14.6 Å². The average Bonchev–Trinajstić information content (AvgIpc) is 2.93. The second kappa shape index (κ2) is 6.22. The zero-order valence-corrected chi connectivity index (χ0v) is 12.3. The molecule has 0 fully saturated rings. The number of hydrogen-bond acceptors (Lipinski definition) is 5. The molecule has 0 spiro atoms. The van der Waals surface area contributed by atoms with Crippen LogP contribution >= 0.6 is 0 Å². The number of carboxylic acid groups (broad SMARTS) is 1. The van der Waals surface area contributed by atoms with Gasteiger partial charge in [0.25, 0.3) is 0 Å². The van der Waals surface area contributed by atoms with Crippen molar-refractivity contribution in [3.8, 4) is 11.6 Å². The molecule has 0 saturated heterocycles. The van der Waals surface area contributed by atoms with E-state index in [-0.39, 0.29) is 5.82 Å². The molecule has 3 aromatic rings. The number of nitrogens with zero attached hydrogens (tertiary/aromatic N) is 3. The van der Waals surface area contributed by atoms with E-state index in [4.69, 9.17) is 14.6 Å². The number of amides is 1. The zero-order valence-electron chi connectivity index (χ0n) is 12.3. The lowest BCUT2D eigenvalue weighted by molar-refractivity contribution is 0.209. The number of ether oxygens (including phenoxy) is 2. The van der Waals surface area contributed by atoms with Crippen LogP contribution in [0.1, 0.15) is 5.56 Å². The molecule has 8 nitrogen and oxygen atoms in total. The lowest BCUT2D eigenvalue weighted by Crippen LogP contribution is -2.07. The van der Waals surface area contributed by atoms with Gasteiger partial charge < -0.3 is 14.6 Å². The Labute approximate surface area is 131 Å². The van der Waals surface area contributed by atoms with Gasteiger partial charge in [0.1, 0.15) is 12.4 Å². The third-order valence-electron chi connectivity index (χ3n) is 3.10. The number of aromatic nitrogens is 3. The van der Waals surface area contributed by atoms with Crippen LogP contribution in [0.4, 0.5) is 10.6 Å². The Morgan fingerprint density at radius 2 is 2.13 bits per heavy atom. The molecule has 0 atom stereocenters. The molecule has 0 aliphatic rings. The summed E-state index contributed by atoms with van der Waals surface area (Å²) in [5.74, 6) is 1.33. The Hall–Kier alpha value is -3.29. The van der Waals surface area contributed by atoms with Gasteiger partial charge in [-0.1, -0.05) is 18.2 Å². The molecular formula is C15H14N4O4. The summed E-state index contributed by atoms with van der Waals surface area (Å²) in [5.41, 5.74) is 1.41. The van der Waals surface area contributed by atoms with E-state index in [0.717, 1.165) is 11.3 Å². The van der Waals surface area contributed by atoms with Crippen LogP contribution in [0.3, 0.4) is 0 Å². The first-order chi connectivity index (χ1) is 11.2. The summed E-state index contributed by atoms with van der Waals surface area (Å²) in [7, 11) is 1.60. The summed E-state index contributed by atoms with van der Waals surface area (Å²) in [6.07, 6.45) is 0.292. The fraction of sp³-hybridized carbons (Fsp3) is 0.133. The van der Waals surface area contributed by atoms with Gasteiger partial charge in [-0.3, -0.25) is 5.32 Å². The minimum atomic E-state index is -1.18. The highest BCUT2D eigenvalue weighted by Crippen LogP contribution is 2.19. The van der Waals surface area contributed by atoms with E-state index >= 15 is 0 Å². The van der Waals surface area contributed by atoms with Crippen LogP contribution in [0.2, 0.25) is 0 Å². The van der Waals surface area contributed by atoms with Crippen LogP contribution < -0.4 is 14.8 Å². The van der Waals surface area contributed by atoms with Gasteiger partial charge in [-0.2, -0.15) is 0 Å². The standard InChI is InChI=1S/C15H14N4O4/c1-22-11-5-3-2-4-10(11)9-23-14-7-6-13-16-12(17-15(20)21)8-19(13)18-14/h2-8,17H,9H2,1H3,(H,20,21). The molecule has 2 aromatic heterocycles. The van der Waals surface area contributed by atoms with Gasteiger partial charge in [-0.25, -0.2) is 14.3 Å². The molecule has 0 unspecified atom stereocenters. The predicted molar refractivity (Wildman–Crippen MR) is 82.0 cm³/mol. The molecule has 23 heavy (non-hydrogen) atoms. The number of benzene rings is 1. The largest absolute Gasteiger partial charge is 0.496 e. The summed E-state index contributed by atoms with van der Waals surface area (Å²) in [6, 6.07) is 10.9. The molecule has 8 heteroatoms. The van der Waals surface area contributed by atoms with Gasteiger partial charge in [0.15, 0.2) is 11.5 Å². The Balaban J connectivity index is 1.76. The van der Waals surface area contributed by atoms with E-state index in [1.165, 1.54) is 10.7 Å². The zero-order chi connectivity index (χ0) is 16.2. The second-order valence-corrected chi connectivity index (χ2v) is 4.63. The number of fused-ring (bicyclic) bond motifs is 1. The van der Waals surface area contributed by atoms with Gasteiger partial charge >= 0.3 is 6.09 Å². The molecule has 118 valence electrons. The fourth-order valence-corrected chi connectivity index (χ4v) is 2.09. The van der Waals surface area contributed by atoms with Crippen molar-refractivity contribution in [2.75, 3.05) is 12.4 Å². The fourth-order valence-electron chi connectivity index (χ4n) is 2.09. The van der Waals surface area contributed by atoms with Crippen LogP contribution in [-0.4, -0.2) is 32.9 Å². The van der Waals surface area contributed by atoms with E-state index in [1.54, 1.807) is 19.2 Å². The smallest absolute Gasteiger partial charge is 0.410 e. The highest BCUT2D eigenvalue weighted by molar-refractivity contribution is 5.81. The second-order valence-electron chi connectivity index (χ2n) is 4.63. The van der Waals surface area contributed by atoms with E-state index in [1.807, 2.05) is 24.3 Å². The maximum atomic E-state index is 10.6. The number of hydrogen-bond donors (Lipinski definition) is 2. The van der Waals surface area contributed by atoms with Gasteiger partial charge in [0, 0.05) is 11.6 Å². The molecular weight excluding hydrogens is 300 g/mol. The lowest BCUT2D eigenvalue weighted by atomic mass is 10.2. The first-order valence-electron chi connectivity index (χ1n) is 6.77. The Morgan fingerprint density at radius 3 is 2.91 bits per heavy atom. The number of imidazole rings is 1. The normalized spacial score (nSPS) is 10.5. The minimum absolute atomic E-state index is 0.201. The first-order valence-corrected chi connectivity index (χ1v) is 6.77. The predicted octanol–water partition coefficient (Wildman–Crippen LogP) is 2.41. The summed E-state index contributed by atoms with van der Waals surface area (Å²) in [6.45, 7) is 0.303. The SMILES string of the molecule is COc1ccccc1COc1ccc2nc(NC(=O)O)cn2n1. The Morgan fingerprint density at radius 1 is 1.30 bits per heavy atom. The topological polar surface area (TPSA) is 98.0 Å². The van der Waals surface area contributed by atoms with E-state index < -0.39 is 6.09 Å². The van der Waals surface area contributed by atoms with Crippen molar-refractivity contribution in [2.24, 2.45) is 0 Å². The van der Waals surface area contributed by atoms with Crippen LogP contribution in [0.15, 0.2) is 42.6 Å². The molecule has 2 N–H and O–H groups in total.